The highest BCUT2D eigenvalue weighted by Crippen LogP contribution is 2.14. The van der Waals surface area contributed by atoms with Gasteiger partial charge in [0.2, 0.25) is 11.6 Å². The van der Waals surface area contributed by atoms with Crippen molar-refractivity contribution in [3.8, 4) is 0 Å². The summed E-state index contributed by atoms with van der Waals surface area (Å²) in [6.07, 6.45) is 1.01. The Balaban J connectivity index is 2.67. The number of Topliss-reactive ketones (excluding diaryl/α,β-unsaturated/α-hetero) is 1. The Morgan fingerprint density at radius 3 is 2.67 bits per heavy atom. The molecule has 1 heterocycles. The Morgan fingerprint density at radius 2 is 1.92 bits per heavy atom. The Morgan fingerprint density at radius 1 is 1.25 bits per heavy atom. The van der Waals surface area contributed by atoms with E-state index in [0.717, 1.165) is 6.08 Å². The van der Waals surface area contributed by atoms with Gasteiger partial charge in [0.15, 0.2) is 11.4 Å². The van der Waals surface area contributed by atoms with Crippen molar-refractivity contribution in [2.75, 3.05) is 0 Å². The molecule has 0 saturated carbocycles. The number of hydrogen-bond donors (Lipinski definition) is 1. The average Bonchev–Trinajstić information content (AvgIpc) is 2.48. The van der Waals surface area contributed by atoms with E-state index in [2.05, 4.69) is 14.9 Å². The molecule has 0 aliphatic heterocycles. The first-order chi connectivity index (χ1) is 5.70. The van der Waals surface area contributed by atoms with Gasteiger partial charge in [-0.05, 0) is 10.3 Å². The fraction of sp³-hybridized carbons (Fsp3) is 0. The third-order valence-corrected chi connectivity index (χ3v) is 1.49. The zero-order valence-electron chi connectivity index (χ0n) is 5.77. The van der Waals surface area contributed by atoms with E-state index in [4.69, 9.17) is 5.73 Å². The highest BCUT2D eigenvalue weighted by Gasteiger charge is 2.29. The first-order valence-corrected chi connectivity index (χ1v) is 3.09. The molecule has 1 aliphatic rings. The van der Waals surface area contributed by atoms with Gasteiger partial charge in [-0.2, -0.15) is 0 Å². The first kappa shape index (κ1) is 6.71. The summed E-state index contributed by atoms with van der Waals surface area (Å²) in [5.41, 5.74) is 4.90. The molecular formula is C6H3N3O3. The smallest absolute Gasteiger partial charge is 0.233 e. The van der Waals surface area contributed by atoms with Crippen molar-refractivity contribution < 1.29 is 14.2 Å². The summed E-state index contributed by atoms with van der Waals surface area (Å²) in [5, 5.41) is 6.53. The monoisotopic (exact) mass is 165 g/mol. The lowest BCUT2D eigenvalue weighted by Gasteiger charge is -2.01. The highest BCUT2D eigenvalue weighted by atomic mass is 16.6. The molecular weight excluding hydrogens is 162 g/mol. The predicted octanol–water partition coefficient (Wildman–Crippen LogP) is -0.709. The van der Waals surface area contributed by atoms with Gasteiger partial charge in [0.1, 0.15) is 0 Å². The number of rotatable bonds is 0. The lowest BCUT2D eigenvalue weighted by Crippen LogP contribution is -2.21. The van der Waals surface area contributed by atoms with Crippen LogP contribution in [-0.4, -0.2) is 21.9 Å². The Labute approximate surface area is 66.0 Å². The van der Waals surface area contributed by atoms with Crippen molar-refractivity contribution in [1.29, 1.82) is 0 Å². The van der Waals surface area contributed by atoms with Gasteiger partial charge in [-0.1, -0.05) is 0 Å². The number of nitrogens with two attached hydrogens (primary N) is 1. The molecule has 2 rings (SSSR count). The average molecular weight is 165 g/mol. The molecule has 6 heteroatoms. The van der Waals surface area contributed by atoms with Gasteiger partial charge in [0, 0.05) is 6.08 Å². The lowest BCUT2D eigenvalue weighted by atomic mass is 10.0. The van der Waals surface area contributed by atoms with E-state index < -0.39 is 11.6 Å². The SMILES string of the molecule is NC1=CC(=O)c2nonc2C1=O. The molecule has 1 aromatic heterocycles. The molecule has 2 N–H and O–H groups in total. The third-order valence-electron chi connectivity index (χ3n) is 1.49. The molecule has 0 fully saturated rings. The number of allylic oxidation sites excluding steroid dienone is 2. The van der Waals surface area contributed by atoms with E-state index in [1.165, 1.54) is 0 Å². The van der Waals surface area contributed by atoms with Gasteiger partial charge in [-0.15, -0.1) is 0 Å². The fourth-order valence-electron chi connectivity index (χ4n) is 0.911. The molecule has 1 aliphatic carbocycles. The maximum absolute atomic E-state index is 11.1. The van der Waals surface area contributed by atoms with Crippen LogP contribution in [0.4, 0.5) is 0 Å². The molecule has 0 radical (unpaired) electrons. The minimum Gasteiger partial charge on any atom is -0.395 e. The molecule has 0 aromatic carbocycles. The lowest BCUT2D eigenvalue weighted by molar-refractivity contribution is 0.0978. The molecule has 0 bridgehead atoms. The zero-order valence-corrected chi connectivity index (χ0v) is 5.77. The van der Waals surface area contributed by atoms with Crippen LogP contribution < -0.4 is 5.73 Å². The van der Waals surface area contributed by atoms with E-state index in [1.54, 1.807) is 0 Å². The van der Waals surface area contributed by atoms with Crippen molar-refractivity contribution in [2.45, 2.75) is 0 Å². The van der Waals surface area contributed by atoms with Gasteiger partial charge >= 0.3 is 0 Å². The van der Waals surface area contributed by atoms with Crippen molar-refractivity contribution in [1.82, 2.24) is 10.3 Å². The summed E-state index contributed by atoms with van der Waals surface area (Å²) in [4.78, 5) is 22.1. The molecule has 0 amide bonds. The van der Waals surface area contributed by atoms with Crippen molar-refractivity contribution in [3.05, 3.63) is 23.2 Å². The van der Waals surface area contributed by atoms with Crippen molar-refractivity contribution in [2.24, 2.45) is 5.73 Å². The number of aromatic nitrogens is 2. The third kappa shape index (κ3) is 0.685. The molecule has 0 saturated heterocycles. The van der Waals surface area contributed by atoms with Crippen LogP contribution in [0, 0.1) is 0 Å². The summed E-state index contributed by atoms with van der Waals surface area (Å²) < 4.78 is 4.23. The predicted molar refractivity (Wildman–Crippen MR) is 35.2 cm³/mol. The molecule has 0 atom stereocenters. The second-order valence-electron chi connectivity index (χ2n) is 2.25. The van der Waals surface area contributed by atoms with Crippen LogP contribution in [0.5, 0.6) is 0 Å². The summed E-state index contributed by atoms with van der Waals surface area (Å²) >= 11 is 0. The quantitative estimate of drug-likeness (QED) is 0.545. The number of carbonyl (C=O) groups is 2. The molecule has 1 aromatic rings. The maximum Gasteiger partial charge on any atom is 0.233 e. The van der Waals surface area contributed by atoms with E-state index in [0.29, 0.717) is 0 Å². The van der Waals surface area contributed by atoms with Gasteiger partial charge in [0.25, 0.3) is 0 Å². The summed E-state index contributed by atoms with van der Waals surface area (Å²) in [5.74, 6) is -0.978. The van der Waals surface area contributed by atoms with Crippen LogP contribution in [0.15, 0.2) is 16.4 Å². The topological polar surface area (TPSA) is 99.1 Å². The Bertz CT molecular complexity index is 404. The zero-order chi connectivity index (χ0) is 8.72. The molecule has 0 unspecified atom stereocenters. The highest BCUT2D eigenvalue weighted by molar-refractivity contribution is 6.22. The van der Waals surface area contributed by atoms with E-state index in [1.807, 2.05) is 0 Å². The minimum atomic E-state index is -0.522. The van der Waals surface area contributed by atoms with Crippen LogP contribution in [0.2, 0.25) is 0 Å². The molecule has 60 valence electrons. The van der Waals surface area contributed by atoms with Crippen LogP contribution in [0.3, 0.4) is 0 Å². The minimum absolute atomic E-state index is 0.0748. The van der Waals surface area contributed by atoms with Crippen molar-refractivity contribution >= 4 is 11.6 Å². The summed E-state index contributed by atoms with van der Waals surface area (Å²) in [7, 11) is 0. The summed E-state index contributed by atoms with van der Waals surface area (Å²) in [6.45, 7) is 0. The number of carbonyl (C=O) groups excluding carboxylic acids is 2. The Kier molecular flexibility index (Phi) is 1.12. The second kappa shape index (κ2) is 2.00. The van der Waals surface area contributed by atoms with Crippen LogP contribution in [0.25, 0.3) is 0 Å². The van der Waals surface area contributed by atoms with Gasteiger partial charge in [-0.25, -0.2) is 4.63 Å². The van der Waals surface area contributed by atoms with Gasteiger partial charge in [0.05, 0.1) is 5.70 Å². The first-order valence-electron chi connectivity index (χ1n) is 3.09. The number of hydrogen-bond acceptors (Lipinski definition) is 6. The van der Waals surface area contributed by atoms with Crippen molar-refractivity contribution in [3.63, 3.8) is 0 Å². The number of nitrogens with zero attached hydrogens (tertiary/aromatic N) is 2. The van der Waals surface area contributed by atoms with E-state index in [-0.39, 0.29) is 17.1 Å². The maximum atomic E-state index is 11.1. The van der Waals surface area contributed by atoms with Gasteiger partial charge in [-0.3, -0.25) is 9.59 Å². The Hall–Kier alpha value is -1.98. The molecule has 6 nitrogen and oxygen atoms in total. The van der Waals surface area contributed by atoms with E-state index in [9.17, 15) is 9.59 Å². The van der Waals surface area contributed by atoms with Crippen LogP contribution in [-0.2, 0) is 0 Å². The normalized spacial score (nSPS) is 15.8. The van der Waals surface area contributed by atoms with E-state index >= 15 is 0 Å². The number of fused-ring (bicyclic) bond motifs is 1. The van der Waals surface area contributed by atoms with Crippen LogP contribution in [0.1, 0.15) is 21.0 Å². The molecule has 12 heavy (non-hydrogen) atoms. The second-order valence-corrected chi connectivity index (χ2v) is 2.25. The fourth-order valence-corrected chi connectivity index (χ4v) is 0.911. The molecule has 0 spiro atoms. The van der Waals surface area contributed by atoms with Crippen LogP contribution >= 0.6 is 0 Å². The number of ketones is 2. The largest absolute Gasteiger partial charge is 0.395 e. The summed E-state index contributed by atoms with van der Waals surface area (Å²) in [6, 6.07) is 0. The standard InChI is InChI=1S/C6H3N3O3/c7-2-1-3(10)4-5(6(2)11)9-12-8-4/h1H,7H2. The van der Waals surface area contributed by atoms with Gasteiger partial charge < -0.3 is 5.73 Å².